The van der Waals surface area contributed by atoms with Crippen LogP contribution in [-0.2, 0) is 13.2 Å². The monoisotopic (exact) mass is 394 g/mol. The van der Waals surface area contributed by atoms with Crippen LogP contribution in [0.3, 0.4) is 0 Å². The average molecular weight is 395 g/mol. The molecule has 0 saturated carbocycles. The zero-order valence-electron chi connectivity index (χ0n) is 13.9. The van der Waals surface area contributed by atoms with Gasteiger partial charge in [-0.05, 0) is 31.2 Å². The quantitative estimate of drug-likeness (QED) is 0.662. The Bertz CT molecular complexity index is 890. The van der Waals surface area contributed by atoms with E-state index in [0.717, 1.165) is 0 Å². The molecule has 26 heavy (non-hydrogen) atoms. The van der Waals surface area contributed by atoms with Crippen molar-refractivity contribution in [1.82, 2.24) is 20.3 Å². The number of nitrogens with one attached hydrogen (secondary N) is 1. The summed E-state index contributed by atoms with van der Waals surface area (Å²) in [6.45, 7) is 2.76. The Morgan fingerprint density at radius 2 is 2.04 bits per heavy atom. The first-order valence-electron chi connectivity index (χ1n) is 7.82. The molecule has 1 N–H and O–H groups in total. The van der Waals surface area contributed by atoms with Gasteiger partial charge in [0.15, 0.2) is 5.69 Å². The molecule has 0 atom stereocenters. The molecule has 3 aromatic rings. The lowest BCUT2D eigenvalue weighted by Gasteiger charge is -2.07. The van der Waals surface area contributed by atoms with Crippen molar-refractivity contribution in [3.05, 3.63) is 63.7 Å². The largest absolute Gasteiger partial charge is 0.489 e. The average Bonchev–Trinajstić information content (AvgIpc) is 3.20. The third-order valence-corrected chi connectivity index (χ3v) is 4.07. The van der Waals surface area contributed by atoms with Crippen molar-refractivity contribution in [1.29, 1.82) is 0 Å². The van der Waals surface area contributed by atoms with Crippen LogP contribution in [0.15, 0.2) is 41.2 Å². The summed E-state index contributed by atoms with van der Waals surface area (Å²) in [6.07, 6.45) is 3.22. The zero-order chi connectivity index (χ0) is 18.5. The molecule has 0 unspecified atom stereocenters. The van der Waals surface area contributed by atoms with Crippen LogP contribution in [0.4, 0.5) is 0 Å². The Morgan fingerprint density at radius 1 is 1.27 bits per heavy atom. The van der Waals surface area contributed by atoms with Crippen LogP contribution in [0.25, 0.3) is 0 Å². The molecule has 0 aliphatic heterocycles. The number of carbonyl (C=O) groups is 1. The normalized spacial score (nSPS) is 10.7. The van der Waals surface area contributed by atoms with Crippen molar-refractivity contribution in [2.75, 3.05) is 6.54 Å². The number of hydrogen-bond donors (Lipinski definition) is 1. The SMILES string of the molecule is Cc1onc(C(=O)NCCn2cc(Cl)cn2)c1COc1ccc(Cl)cc1. The fourth-order valence-electron chi connectivity index (χ4n) is 2.25. The molecule has 1 amide bonds. The predicted molar refractivity (Wildman–Crippen MR) is 96.6 cm³/mol. The van der Waals surface area contributed by atoms with Gasteiger partial charge in [0.05, 0.1) is 23.3 Å². The molecule has 9 heteroatoms. The van der Waals surface area contributed by atoms with E-state index in [4.69, 9.17) is 32.5 Å². The molecule has 0 aliphatic carbocycles. The summed E-state index contributed by atoms with van der Waals surface area (Å²) in [5.41, 5.74) is 0.801. The molecule has 1 aromatic carbocycles. The smallest absolute Gasteiger partial charge is 0.273 e. The van der Waals surface area contributed by atoms with Gasteiger partial charge in [-0.1, -0.05) is 28.4 Å². The number of ether oxygens (including phenoxy) is 1. The molecule has 0 saturated heterocycles. The maximum absolute atomic E-state index is 12.4. The minimum Gasteiger partial charge on any atom is -0.489 e. The van der Waals surface area contributed by atoms with E-state index in [-0.39, 0.29) is 18.2 Å². The van der Waals surface area contributed by atoms with Crippen molar-refractivity contribution in [3.63, 3.8) is 0 Å². The Hall–Kier alpha value is -2.51. The minimum absolute atomic E-state index is 0.161. The van der Waals surface area contributed by atoms with Crippen molar-refractivity contribution in [2.24, 2.45) is 0 Å². The lowest BCUT2D eigenvalue weighted by molar-refractivity contribution is 0.0940. The highest BCUT2D eigenvalue weighted by Crippen LogP contribution is 2.20. The molecule has 0 fully saturated rings. The van der Waals surface area contributed by atoms with E-state index in [1.807, 2.05) is 0 Å². The number of aromatic nitrogens is 3. The third-order valence-electron chi connectivity index (χ3n) is 3.62. The van der Waals surface area contributed by atoms with E-state index in [0.29, 0.717) is 40.2 Å². The van der Waals surface area contributed by atoms with Crippen LogP contribution in [0.1, 0.15) is 21.8 Å². The summed E-state index contributed by atoms with van der Waals surface area (Å²) in [5.74, 6) is 0.828. The van der Waals surface area contributed by atoms with Crippen LogP contribution in [0.5, 0.6) is 5.75 Å². The summed E-state index contributed by atoms with van der Waals surface area (Å²) < 4.78 is 12.5. The first kappa shape index (κ1) is 18.3. The molecule has 2 heterocycles. The predicted octanol–water partition coefficient (Wildman–Crippen LogP) is 3.50. The summed E-state index contributed by atoms with van der Waals surface area (Å²) >= 11 is 11.7. The van der Waals surface area contributed by atoms with Gasteiger partial charge in [0.1, 0.15) is 18.1 Å². The van der Waals surface area contributed by atoms with Gasteiger partial charge in [-0.25, -0.2) is 0 Å². The van der Waals surface area contributed by atoms with Gasteiger partial charge < -0.3 is 14.6 Å². The lowest BCUT2D eigenvalue weighted by Crippen LogP contribution is -2.28. The number of aryl methyl sites for hydroxylation is 1. The van der Waals surface area contributed by atoms with E-state index in [1.54, 1.807) is 42.1 Å². The van der Waals surface area contributed by atoms with Gasteiger partial charge in [0, 0.05) is 17.8 Å². The molecular weight excluding hydrogens is 379 g/mol. The lowest BCUT2D eigenvalue weighted by atomic mass is 10.2. The standard InChI is InChI=1S/C17H16Cl2N4O3/c1-11-15(10-25-14-4-2-12(18)3-5-14)16(22-26-11)17(24)20-6-7-23-9-13(19)8-21-23/h2-5,8-9H,6-7,10H2,1H3,(H,20,24). The highest BCUT2D eigenvalue weighted by molar-refractivity contribution is 6.30. The van der Waals surface area contributed by atoms with Crippen LogP contribution in [0, 0.1) is 6.92 Å². The van der Waals surface area contributed by atoms with Gasteiger partial charge in [-0.2, -0.15) is 5.10 Å². The van der Waals surface area contributed by atoms with Crippen molar-refractivity contribution >= 4 is 29.1 Å². The maximum Gasteiger partial charge on any atom is 0.273 e. The van der Waals surface area contributed by atoms with Gasteiger partial charge in [-0.15, -0.1) is 0 Å². The van der Waals surface area contributed by atoms with Crippen molar-refractivity contribution < 1.29 is 14.1 Å². The van der Waals surface area contributed by atoms with Crippen LogP contribution in [0.2, 0.25) is 10.0 Å². The molecule has 7 nitrogen and oxygen atoms in total. The van der Waals surface area contributed by atoms with E-state index in [1.165, 1.54) is 6.20 Å². The fraction of sp³-hybridized carbons (Fsp3) is 0.235. The molecular formula is C17H16Cl2N4O3. The number of benzene rings is 1. The Morgan fingerprint density at radius 3 is 2.73 bits per heavy atom. The number of rotatable bonds is 7. The fourth-order valence-corrected chi connectivity index (χ4v) is 2.54. The number of amides is 1. The second kappa shape index (κ2) is 8.25. The first-order chi connectivity index (χ1) is 12.5. The summed E-state index contributed by atoms with van der Waals surface area (Å²) in [4.78, 5) is 12.4. The van der Waals surface area contributed by atoms with E-state index in [2.05, 4.69) is 15.6 Å². The Kier molecular flexibility index (Phi) is 5.80. The summed E-state index contributed by atoms with van der Waals surface area (Å²) in [5, 5.41) is 11.8. The van der Waals surface area contributed by atoms with Crippen molar-refractivity contribution in [2.45, 2.75) is 20.1 Å². The van der Waals surface area contributed by atoms with Crippen molar-refractivity contribution in [3.8, 4) is 5.75 Å². The zero-order valence-corrected chi connectivity index (χ0v) is 15.4. The number of carbonyl (C=O) groups excluding carboxylic acids is 1. The second-order valence-corrected chi connectivity index (χ2v) is 6.36. The first-order valence-corrected chi connectivity index (χ1v) is 8.58. The van der Waals surface area contributed by atoms with Gasteiger partial charge >= 0.3 is 0 Å². The van der Waals surface area contributed by atoms with Gasteiger partial charge in [-0.3, -0.25) is 9.48 Å². The summed E-state index contributed by atoms with van der Waals surface area (Å²) in [7, 11) is 0. The third kappa shape index (κ3) is 4.56. The maximum atomic E-state index is 12.4. The molecule has 0 radical (unpaired) electrons. The molecule has 0 bridgehead atoms. The minimum atomic E-state index is -0.338. The highest BCUT2D eigenvalue weighted by atomic mass is 35.5. The molecule has 136 valence electrons. The van der Waals surface area contributed by atoms with E-state index >= 15 is 0 Å². The molecule has 0 aliphatic rings. The highest BCUT2D eigenvalue weighted by Gasteiger charge is 2.20. The molecule has 3 rings (SSSR count). The molecule has 0 spiro atoms. The van der Waals surface area contributed by atoms with Crippen LogP contribution >= 0.6 is 23.2 Å². The number of halogens is 2. The van der Waals surface area contributed by atoms with Gasteiger partial charge in [0.2, 0.25) is 0 Å². The summed E-state index contributed by atoms with van der Waals surface area (Å²) in [6, 6.07) is 6.96. The van der Waals surface area contributed by atoms with E-state index < -0.39 is 0 Å². The van der Waals surface area contributed by atoms with Crippen LogP contribution in [-0.4, -0.2) is 27.4 Å². The topological polar surface area (TPSA) is 82.2 Å². The molecule has 2 aromatic heterocycles. The number of hydrogen-bond acceptors (Lipinski definition) is 5. The second-order valence-electron chi connectivity index (χ2n) is 5.49. The number of nitrogens with zero attached hydrogens (tertiary/aromatic N) is 3. The van der Waals surface area contributed by atoms with Gasteiger partial charge in [0.25, 0.3) is 5.91 Å². The van der Waals surface area contributed by atoms with Crippen LogP contribution < -0.4 is 10.1 Å². The Balaban J connectivity index is 1.59. The Labute approximate surface area is 159 Å². The van der Waals surface area contributed by atoms with E-state index in [9.17, 15) is 4.79 Å².